The van der Waals surface area contributed by atoms with Gasteiger partial charge in [0.15, 0.2) is 6.61 Å². The van der Waals surface area contributed by atoms with Crippen molar-refractivity contribution in [2.24, 2.45) is 5.92 Å². The third-order valence-corrected chi connectivity index (χ3v) is 6.60. The molecule has 0 unspecified atom stereocenters. The SMILES string of the molecule is O=C(OCC(=O)N(Cc1ccc(F)cc1)C1CCCCC1)C1CCN(c2ncccn2)CC1. The van der Waals surface area contributed by atoms with Crippen molar-refractivity contribution < 1.29 is 18.7 Å². The van der Waals surface area contributed by atoms with Gasteiger partial charge in [-0.1, -0.05) is 31.4 Å². The number of ether oxygens (including phenoxy) is 1. The largest absolute Gasteiger partial charge is 0.455 e. The zero-order chi connectivity index (χ0) is 23.0. The van der Waals surface area contributed by atoms with Crippen LogP contribution in [0.3, 0.4) is 0 Å². The van der Waals surface area contributed by atoms with Gasteiger partial charge < -0.3 is 14.5 Å². The van der Waals surface area contributed by atoms with E-state index in [2.05, 4.69) is 14.9 Å². The molecule has 1 aromatic carbocycles. The predicted octanol–water partition coefficient (Wildman–Crippen LogP) is 3.74. The van der Waals surface area contributed by atoms with Crippen molar-refractivity contribution in [1.82, 2.24) is 14.9 Å². The Kier molecular flexibility index (Phi) is 7.86. The van der Waals surface area contributed by atoms with Gasteiger partial charge in [-0.3, -0.25) is 9.59 Å². The number of halogens is 1. The van der Waals surface area contributed by atoms with Crippen molar-refractivity contribution in [3.63, 3.8) is 0 Å². The van der Waals surface area contributed by atoms with Crippen molar-refractivity contribution in [2.75, 3.05) is 24.6 Å². The van der Waals surface area contributed by atoms with Crippen LogP contribution in [0.4, 0.5) is 10.3 Å². The zero-order valence-corrected chi connectivity index (χ0v) is 18.9. The van der Waals surface area contributed by atoms with Gasteiger partial charge >= 0.3 is 5.97 Å². The van der Waals surface area contributed by atoms with Gasteiger partial charge in [0, 0.05) is 38.1 Å². The fourth-order valence-electron chi connectivity index (χ4n) is 4.70. The lowest BCUT2D eigenvalue weighted by Crippen LogP contribution is -2.43. The molecule has 4 rings (SSSR count). The first-order chi connectivity index (χ1) is 16.1. The molecule has 176 valence electrons. The normalized spacial score (nSPS) is 17.5. The molecule has 7 nitrogen and oxygen atoms in total. The minimum atomic E-state index is -0.317. The maximum atomic E-state index is 13.3. The van der Waals surface area contributed by atoms with E-state index < -0.39 is 0 Å². The van der Waals surface area contributed by atoms with Gasteiger partial charge in [0.2, 0.25) is 5.95 Å². The molecule has 0 spiro atoms. The molecule has 1 amide bonds. The summed E-state index contributed by atoms with van der Waals surface area (Å²) in [4.78, 5) is 38.1. The fraction of sp³-hybridized carbons (Fsp3) is 0.520. The lowest BCUT2D eigenvalue weighted by molar-refractivity contribution is -0.157. The van der Waals surface area contributed by atoms with Gasteiger partial charge in [-0.05, 0) is 49.4 Å². The number of aromatic nitrogens is 2. The van der Waals surface area contributed by atoms with Crippen molar-refractivity contribution in [3.8, 4) is 0 Å². The van der Waals surface area contributed by atoms with Crippen LogP contribution >= 0.6 is 0 Å². The summed E-state index contributed by atoms with van der Waals surface area (Å²) < 4.78 is 18.8. The highest BCUT2D eigenvalue weighted by molar-refractivity contribution is 5.81. The van der Waals surface area contributed by atoms with E-state index >= 15 is 0 Å². The minimum absolute atomic E-state index is 0.129. The lowest BCUT2D eigenvalue weighted by Gasteiger charge is -2.35. The van der Waals surface area contributed by atoms with E-state index in [1.54, 1.807) is 30.6 Å². The molecule has 2 heterocycles. The number of amides is 1. The Balaban J connectivity index is 1.31. The summed E-state index contributed by atoms with van der Waals surface area (Å²) in [7, 11) is 0. The minimum Gasteiger partial charge on any atom is -0.455 e. The summed E-state index contributed by atoms with van der Waals surface area (Å²) >= 11 is 0. The van der Waals surface area contributed by atoms with Crippen LogP contribution in [0.5, 0.6) is 0 Å². The van der Waals surface area contributed by atoms with Gasteiger partial charge in [-0.15, -0.1) is 0 Å². The molecule has 33 heavy (non-hydrogen) atoms. The van der Waals surface area contributed by atoms with Crippen LogP contribution in [0.1, 0.15) is 50.5 Å². The second-order valence-corrected chi connectivity index (χ2v) is 8.86. The van der Waals surface area contributed by atoms with E-state index in [0.29, 0.717) is 38.4 Å². The molecule has 0 N–H and O–H groups in total. The number of anilines is 1. The van der Waals surface area contributed by atoms with E-state index in [1.165, 1.54) is 18.6 Å². The van der Waals surface area contributed by atoms with Crippen LogP contribution in [0.15, 0.2) is 42.7 Å². The average molecular weight is 455 g/mol. The molecule has 8 heteroatoms. The number of hydrogen-bond acceptors (Lipinski definition) is 6. The van der Waals surface area contributed by atoms with Gasteiger partial charge in [-0.2, -0.15) is 0 Å². The standard InChI is InChI=1S/C25H31FN4O3/c26-21-9-7-19(8-10-21)17-30(22-5-2-1-3-6-22)23(31)18-33-24(32)20-11-15-29(16-12-20)25-27-13-4-14-28-25/h4,7-10,13-14,20,22H,1-3,5-6,11-12,15-18H2. The molecule has 1 aliphatic heterocycles. The molecule has 0 bridgehead atoms. The first-order valence-corrected chi connectivity index (χ1v) is 11.8. The Morgan fingerprint density at radius 3 is 2.33 bits per heavy atom. The van der Waals surface area contributed by atoms with Crippen LogP contribution in [0.25, 0.3) is 0 Å². The van der Waals surface area contributed by atoms with E-state index in [0.717, 1.165) is 31.2 Å². The molecule has 1 aromatic heterocycles. The number of benzene rings is 1. The molecule has 2 aromatic rings. The Labute approximate surface area is 194 Å². The smallest absolute Gasteiger partial charge is 0.309 e. The van der Waals surface area contributed by atoms with E-state index in [1.807, 2.05) is 4.90 Å². The molecule has 2 fully saturated rings. The number of nitrogens with zero attached hydrogens (tertiary/aromatic N) is 4. The second kappa shape index (κ2) is 11.2. The maximum absolute atomic E-state index is 13.3. The topological polar surface area (TPSA) is 75.6 Å². The van der Waals surface area contributed by atoms with Gasteiger partial charge in [0.05, 0.1) is 5.92 Å². The van der Waals surface area contributed by atoms with E-state index in [4.69, 9.17) is 4.74 Å². The Hall–Kier alpha value is -3.03. The summed E-state index contributed by atoms with van der Waals surface area (Å²) in [6.07, 6.45) is 9.94. The van der Waals surface area contributed by atoms with Crippen molar-refractivity contribution in [2.45, 2.75) is 57.5 Å². The summed E-state index contributed by atoms with van der Waals surface area (Å²) in [5, 5.41) is 0. The Morgan fingerprint density at radius 1 is 1.00 bits per heavy atom. The third kappa shape index (κ3) is 6.27. The first kappa shape index (κ1) is 23.1. The average Bonchev–Trinajstić information content (AvgIpc) is 2.88. The maximum Gasteiger partial charge on any atom is 0.309 e. The molecular weight excluding hydrogens is 423 g/mol. The monoisotopic (exact) mass is 454 g/mol. The van der Waals surface area contributed by atoms with Gasteiger partial charge in [0.25, 0.3) is 5.91 Å². The quantitative estimate of drug-likeness (QED) is 0.594. The first-order valence-electron chi connectivity index (χ1n) is 11.8. The number of rotatable bonds is 7. The number of carbonyl (C=O) groups is 2. The van der Waals surface area contributed by atoms with Crippen molar-refractivity contribution in [3.05, 3.63) is 54.1 Å². The highest BCUT2D eigenvalue weighted by Crippen LogP contribution is 2.25. The van der Waals surface area contributed by atoms with E-state index in [9.17, 15) is 14.0 Å². The van der Waals surface area contributed by atoms with Crippen molar-refractivity contribution in [1.29, 1.82) is 0 Å². The highest BCUT2D eigenvalue weighted by Gasteiger charge is 2.30. The summed E-state index contributed by atoms with van der Waals surface area (Å²) in [5.74, 6) is -0.355. The van der Waals surface area contributed by atoms with Crippen LogP contribution in [-0.2, 0) is 20.9 Å². The number of hydrogen-bond donors (Lipinski definition) is 0. The molecule has 0 radical (unpaired) electrons. The van der Waals surface area contributed by atoms with Crippen molar-refractivity contribution >= 4 is 17.8 Å². The fourth-order valence-corrected chi connectivity index (χ4v) is 4.70. The van der Waals surface area contributed by atoms with Gasteiger partial charge in [-0.25, -0.2) is 14.4 Å². The summed E-state index contributed by atoms with van der Waals surface area (Å²) in [6, 6.07) is 8.13. The summed E-state index contributed by atoms with van der Waals surface area (Å²) in [5.41, 5.74) is 0.872. The molecule has 1 saturated heterocycles. The molecular formula is C25H31FN4O3. The second-order valence-electron chi connectivity index (χ2n) is 8.86. The van der Waals surface area contributed by atoms with Crippen LogP contribution < -0.4 is 4.90 Å². The number of carbonyl (C=O) groups excluding carboxylic acids is 2. The number of piperidine rings is 1. The Bertz CT molecular complexity index is 911. The molecule has 1 aliphatic carbocycles. The highest BCUT2D eigenvalue weighted by atomic mass is 19.1. The molecule has 0 atom stereocenters. The van der Waals surface area contributed by atoms with Crippen LogP contribution in [-0.4, -0.2) is 52.5 Å². The molecule has 1 saturated carbocycles. The number of esters is 1. The zero-order valence-electron chi connectivity index (χ0n) is 18.9. The Morgan fingerprint density at radius 2 is 1.67 bits per heavy atom. The summed E-state index contributed by atoms with van der Waals surface area (Å²) in [6.45, 7) is 1.50. The van der Waals surface area contributed by atoms with Crippen LogP contribution in [0, 0.1) is 11.7 Å². The molecule has 2 aliphatic rings. The van der Waals surface area contributed by atoms with E-state index in [-0.39, 0.29) is 36.3 Å². The third-order valence-electron chi connectivity index (χ3n) is 6.60. The lowest BCUT2D eigenvalue weighted by atomic mass is 9.93. The van der Waals surface area contributed by atoms with Crippen LogP contribution in [0.2, 0.25) is 0 Å². The van der Waals surface area contributed by atoms with Gasteiger partial charge in [0.1, 0.15) is 5.82 Å². The predicted molar refractivity (Wildman–Crippen MR) is 122 cm³/mol.